The Bertz CT molecular complexity index is 668. The third kappa shape index (κ3) is 4.31. The molecule has 2 aromatic rings. The highest BCUT2D eigenvalue weighted by Gasteiger charge is 2.20. The Labute approximate surface area is 131 Å². The summed E-state index contributed by atoms with van der Waals surface area (Å²) in [4.78, 5) is 24.2. The molecule has 110 valence electrons. The molecule has 1 heterocycles. The summed E-state index contributed by atoms with van der Waals surface area (Å²) in [5.74, 6) is -0.935. The van der Waals surface area contributed by atoms with Crippen LogP contribution in [0.4, 0.5) is 5.69 Å². The van der Waals surface area contributed by atoms with Crippen molar-refractivity contribution < 1.29 is 14.3 Å². The highest BCUT2D eigenvalue weighted by atomic mass is 35.5. The predicted molar refractivity (Wildman–Crippen MR) is 84.0 cm³/mol. The van der Waals surface area contributed by atoms with Crippen molar-refractivity contribution in [2.75, 3.05) is 5.32 Å². The average Bonchev–Trinajstić information content (AvgIpc) is 2.85. The fourth-order valence-electron chi connectivity index (χ4n) is 1.66. The number of aryl methyl sites for hydroxylation is 1. The van der Waals surface area contributed by atoms with Crippen LogP contribution >= 0.6 is 22.9 Å². The van der Waals surface area contributed by atoms with E-state index < -0.39 is 12.1 Å². The zero-order valence-corrected chi connectivity index (χ0v) is 13.1. The molecular formula is C15H14ClNO3S. The van der Waals surface area contributed by atoms with Gasteiger partial charge in [0.15, 0.2) is 6.10 Å². The van der Waals surface area contributed by atoms with Crippen LogP contribution in [0.25, 0.3) is 0 Å². The number of carbonyl (C=O) groups excluding carboxylic acids is 2. The monoisotopic (exact) mass is 323 g/mol. The van der Waals surface area contributed by atoms with Gasteiger partial charge in [0.1, 0.15) is 4.88 Å². The van der Waals surface area contributed by atoms with Crippen LogP contribution in [0.2, 0.25) is 4.34 Å². The Kier molecular flexibility index (Phi) is 4.98. The van der Waals surface area contributed by atoms with E-state index in [2.05, 4.69) is 5.32 Å². The fourth-order valence-corrected chi connectivity index (χ4v) is 2.59. The second kappa shape index (κ2) is 6.74. The molecule has 6 heteroatoms. The minimum atomic E-state index is -0.890. The lowest BCUT2D eigenvalue weighted by molar-refractivity contribution is -0.123. The average molecular weight is 324 g/mol. The molecular weight excluding hydrogens is 310 g/mol. The number of hydrogen-bond donors (Lipinski definition) is 1. The Morgan fingerprint density at radius 3 is 2.67 bits per heavy atom. The molecule has 0 aliphatic rings. The summed E-state index contributed by atoms with van der Waals surface area (Å²) in [6, 6.07) is 10.6. The molecule has 0 aliphatic carbocycles. The maximum Gasteiger partial charge on any atom is 0.349 e. The lowest BCUT2D eigenvalue weighted by Gasteiger charge is -2.13. The van der Waals surface area contributed by atoms with E-state index in [1.54, 1.807) is 18.2 Å². The van der Waals surface area contributed by atoms with Gasteiger partial charge in [0.05, 0.1) is 4.34 Å². The highest BCUT2D eigenvalue weighted by molar-refractivity contribution is 7.17. The first-order valence-corrected chi connectivity index (χ1v) is 7.49. The van der Waals surface area contributed by atoms with E-state index in [1.165, 1.54) is 6.92 Å². The largest absolute Gasteiger partial charge is 0.448 e. The fraction of sp³-hybridized carbons (Fsp3) is 0.200. The van der Waals surface area contributed by atoms with Crippen LogP contribution in [-0.4, -0.2) is 18.0 Å². The summed E-state index contributed by atoms with van der Waals surface area (Å²) < 4.78 is 5.61. The van der Waals surface area contributed by atoms with Crippen molar-refractivity contribution in [1.29, 1.82) is 0 Å². The number of anilines is 1. The number of rotatable bonds is 4. The van der Waals surface area contributed by atoms with Gasteiger partial charge in [0.2, 0.25) is 0 Å². The number of hydrogen-bond acceptors (Lipinski definition) is 4. The normalized spacial score (nSPS) is 11.8. The molecule has 0 saturated heterocycles. The third-order valence-electron chi connectivity index (χ3n) is 2.71. The minimum Gasteiger partial charge on any atom is -0.448 e. The second-order valence-electron chi connectivity index (χ2n) is 4.51. The SMILES string of the molecule is Cc1cccc(NC(=O)C(C)OC(=O)c2ccc(Cl)s2)c1. The van der Waals surface area contributed by atoms with Crippen LogP contribution in [0.1, 0.15) is 22.2 Å². The molecule has 2 rings (SSSR count). The van der Waals surface area contributed by atoms with Crippen molar-refractivity contribution in [2.24, 2.45) is 0 Å². The van der Waals surface area contributed by atoms with Crippen molar-refractivity contribution in [3.8, 4) is 0 Å². The number of carbonyl (C=O) groups is 2. The van der Waals surface area contributed by atoms with Gasteiger partial charge in [0, 0.05) is 5.69 Å². The summed E-state index contributed by atoms with van der Waals surface area (Å²) in [6.45, 7) is 3.46. The van der Waals surface area contributed by atoms with Crippen molar-refractivity contribution in [3.05, 3.63) is 51.2 Å². The highest BCUT2D eigenvalue weighted by Crippen LogP contribution is 2.22. The van der Waals surface area contributed by atoms with Crippen molar-refractivity contribution in [2.45, 2.75) is 20.0 Å². The number of nitrogens with one attached hydrogen (secondary N) is 1. The molecule has 1 amide bonds. The number of halogens is 1. The van der Waals surface area contributed by atoms with E-state index in [0.717, 1.165) is 16.9 Å². The van der Waals surface area contributed by atoms with E-state index >= 15 is 0 Å². The first-order chi connectivity index (χ1) is 9.95. The van der Waals surface area contributed by atoms with Crippen LogP contribution in [-0.2, 0) is 9.53 Å². The smallest absolute Gasteiger partial charge is 0.349 e. The van der Waals surface area contributed by atoms with E-state index in [-0.39, 0.29) is 5.91 Å². The zero-order chi connectivity index (χ0) is 15.4. The van der Waals surface area contributed by atoms with Gasteiger partial charge in [-0.05, 0) is 43.7 Å². The lowest BCUT2D eigenvalue weighted by Crippen LogP contribution is -2.29. The molecule has 21 heavy (non-hydrogen) atoms. The number of benzene rings is 1. The van der Waals surface area contributed by atoms with Gasteiger partial charge in [-0.1, -0.05) is 23.7 Å². The number of ether oxygens (including phenoxy) is 1. The minimum absolute atomic E-state index is 0.371. The molecule has 0 fully saturated rings. The van der Waals surface area contributed by atoms with Crippen molar-refractivity contribution in [3.63, 3.8) is 0 Å². The molecule has 1 aromatic heterocycles. The first-order valence-electron chi connectivity index (χ1n) is 6.29. The number of esters is 1. The van der Waals surface area contributed by atoms with E-state index in [4.69, 9.17) is 16.3 Å². The van der Waals surface area contributed by atoms with Crippen molar-refractivity contribution >= 4 is 40.5 Å². The molecule has 0 aliphatic heterocycles. The summed E-state index contributed by atoms with van der Waals surface area (Å²) in [5.41, 5.74) is 1.70. The van der Waals surface area contributed by atoms with Gasteiger partial charge in [-0.3, -0.25) is 4.79 Å². The maximum absolute atomic E-state index is 12.0. The van der Waals surface area contributed by atoms with E-state index in [1.807, 2.05) is 25.1 Å². The number of amides is 1. The molecule has 1 unspecified atom stereocenters. The molecule has 1 N–H and O–H groups in total. The van der Waals surface area contributed by atoms with Gasteiger partial charge in [-0.15, -0.1) is 11.3 Å². The first kappa shape index (κ1) is 15.5. The molecule has 0 spiro atoms. The van der Waals surface area contributed by atoms with Gasteiger partial charge in [0.25, 0.3) is 5.91 Å². The molecule has 4 nitrogen and oxygen atoms in total. The zero-order valence-electron chi connectivity index (χ0n) is 11.6. The summed E-state index contributed by atoms with van der Waals surface area (Å²) in [7, 11) is 0. The second-order valence-corrected chi connectivity index (χ2v) is 6.23. The van der Waals surface area contributed by atoms with Gasteiger partial charge in [-0.2, -0.15) is 0 Å². The maximum atomic E-state index is 12.0. The van der Waals surface area contributed by atoms with Crippen LogP contribution in [0.3, 0.4) is 0 Å². The van der Waals surface area contributed by atoms with Crippen LogP contribution < -0.4 is 5.32 Å². The van der Waals surface area contributed by atoms with Crippen LogP contribution in [0, 0.1) is 6.92 Å². The van der Waals surface area contributed by atoms with Crippen LogP contribution in [0.15, 0.2) is 36.4 Å². The Morgan fingerprint density at radius 2 is 2.05 bits per heavy atom. The summed E-state index contributed by atoms with van der Waals surface area (Å²) >= 11 is 6.87. The quantitative estimate of drug-likeness (QED) is 0.868. The van der Waals surface area contributed by atoms with Crippen LogP contribution in [0.5, 0.6) is 0 Å². The number of thiophene rings is 1. The third-order valence-corrected chi connectivity index (χ3v) is 3.92. The van der Waals surface area contributed by atoms with E-state index in [9.17, 15) is 9.59 Å². The van der Waals surface area contributed by atoms with E-state index in [0.29, 0.717) is 14.9 Å². The molecule has 0 bridgehead atoms. The molecule has 1 aromatic carbocycles. The summed E-state index contributed by atoms with van der Waals surface area (Å²) in [5, 5.41) is 2.71. The molecule has 1 atom stereocenters. The Hall–Kier alpha value is -1.85. The Morgan fingerprint density at radius 1 is 1.29 bits per heavy atom. The molecule has 0 radical (unpaired) electrons. The van der Waals surface area contributed by atoms with Gasteiger partial charge in [-0.25, -0.2) is 4.79 Å². The predicted octanol–water partition coefficient (Wildman–Crippen LogP) is 3.89. The lowest BCUT2D eigenvalue weighted by atomic mass is 10.2. The van der Waals surface area contributed by atoms with Gasteiger partial charge < -0.3 is 10.1 Å². The van der Waals surface area contributed by atoms with Gasteiger partial charge >= 0.3 is 5.97 Å². The standard InChI is InChI=1S/C15H14ClNO3S/c1-9-4-3-5-11(8-9)17-14(18)10(2)20-15(19)12-6-7-13(16)21-12/h3-8,10H,1-2H3,(H,17,18). The topological polar surface area (TPSA) is 55.4 Å². The molecule has 0 saturated carbocycles. The van der Waals surface area contributed by atoms with Crippen molar-refractivity contribution in [1.82, 2.24) is 0 Å². The Balaban J connectivity index is 1.95. The summed E-state index contributed by atoms with van der Waals surface area (Å²) in [6.07, 6.45) is -0.890.